The van der Waals surface area contributed by atoms with Crippen molar-refractivity contribution in [1.82, 2.24) is 29.5 Å². The van der Waals surface area contributed by atoms with Crippen LogP contribution < -0.4 is 5.32 Å². The number of hydrogen-bond acceptors (Lipinski definition) is 6. The van der Waals surface area contributed by atoms with Crippen molar-refractivity contribution in [2.75, 3.05) is 5.32 Å². The summed E-state index contributed by atoms with van der Waals surface area (Å²) < 4.78 is 1.76. The Morgan fingerprint density at radius 1 is 0.852 bits per heavy atom. The minimum absolute atomic E-state index is 0.596. The van der Waals surface area contributed by atoms with Gasteiger partial charge in [0.25, 0.3) is 0 Å². The average molecular weight is 353 g/mol. The second-order valence-electron chi connectivity index (χ2n) is 6.07. The smallest absolute Gasteiger partial charge is 0.226 e. The quantitative estimate of drug-likeness (QED) is 0.534. The molecular formula is C20H15N7. The summed E-state index contributed by atoms with van der Waals surface area (Å²) in [5.74, 6) is 1.28. The Balaban J connectivity index is 1.65. The number of pyridine rings is 2. The molecule has 0 saturated heterocycles. The van der Waals surface area contributed by atoms with Crippen LogP contribution in [0.5, 0.6) is 0 Å². The van der Waals surface area contributed by atoms with Crippen LogP contribution in [-0.4, -0.2) is 29.5 Å². The molecule has 7 heteroatoms. The molecule has 0 fully saturated rings. The molecule has 5 rings (SSSR count). The molecule has 0 spiro atoms. The third-order valence-electron chi connectivity index (χ3n) is 4.29. The zero-order valence-electron chi connectivity index (χ0n) is 14.3. The summed E-state index contributed by atoms with van der Waals surface area (Å²) in [6, 6.07) is 15.7. The maximum atomic E-state index is 4.76. The standard InChI is InChI=1S/C20H15N7/c1-2-6-17-16(5-1)19-25-18(15-7-10-21-11-8-15)26-27(19)20(24-17)23-13-14-4-3-9-22-12-14/h1-12H,13H2,(H,23,24). The molecule has 0 aliphatic heterocycles. The lowest BCUT2D eigenvalue weighted by atomic mass is 10.2. The molecule has 7 nitrogen and oxygen atoms in total. The zero-order chi connectivity index (χ0) is 18.1. The maximum absolute atomic E-state index is 4.76. The fourth-order valence-corrected chi connectivity index (χ4v) is 2.98. The van der Waals surface area contributed by atoms with Crippen LogP contribution in [-0.2, 0) is 6.54 Å². The molecule has 0 bridgehead atoms. The highest BCUT2D eigenvalue weighted by Gasteiger charge is 2.14. The second-order valence-corrected chi connectivity index (χ2v) is 6.07. The van der Waals surface area contributed by atoms with Crippen molar-refractivity contribution in [2.24, 2.45) is 0 Å². The Kier molecular flexibility index (Phi) is 3.68. The van der Waals surface area contributed by atoms with E-state index in [2.05, 4.69) is 20.4 Å². The van der Waals surface area contributed by atoms with E-state index >= 15 is 0 Å². The fraction of sp³-hybridized carbons (Fsp3) is 0.0500. The van der Waals surface area contributed by atoms with E-state index in [1.807, 2.05) is 54.7 Å². The minimum Gasteiger partial charge on any atom is -0.350 e. The van der Waals surface area contributed by atoms with Crippen LogP contribution in [0.4, 0.5) is 5.95 Å². The summed E-state index contributed by atoms with van der Waals surface area (Å²) in [5, 5.41) is 9.00. The summed E-state index contributed by atoms with van der Waals surface area (Å²) in [4.78, 5) is 17.7. The van der Waals surface area contributed by atoms with Crippen LogP contribution in [0, 0.1) is 0 Å². The third kappa shape index (κ3) is 2.85. The molecule has 1 N–H and O–H groups in total. The number of fused-ring (bicyclic) bond motifs is 3. The summed E-state index contributed by atoms with van der Waals surface area (Å²) in [7, 11) is 0. The van der Waals surface area contributed by atoms with Gasteiger partial charge in [0.1, 0.15) is 0 Å². The Morgan fingerprint density at radius 2 is 1.74 bits per heavy atom. The van der Waals surface area contributed by atoms with Crippen LogP contribution in [0.15, 0.2) is 73.3 Å². The van der Waals surface area contributed by atoms with Gasteiger partial charge in [-0.05, 0) is 35.9 Å². The largest absolute Gasteiger partial charge is 0.350 e. The van der Waals surface area contributed by atoms with Crippen LogP contribution >= 0.6 is 0 Å². The summed E-state index contributed by atoms with van der Waals surface area (Å²) in [6.07, 6.45) is 7.06. The van der Waals surface area contributed by atoms with Gasteiger partial charge in [-0.15, -0.1) is 5.10 Å². The highest BCUT2D eigenvalue weighted by molar-refractivity contribution is 5.92. The van der Waals surface area contributed by atoms with Crippen molar-refractivity contribution in [2.45, 2.75) is 6.54 Å². The molecule has 0 aliphatic rings. The summed E-state index contributed by atoms with van der Waals surface area (Å²) >= 11 is 0. The molecular weight excluding hydrogens is 338 g/mol. The predicted molar refractivity (Wildman–Crippen MR) is 103 cm³/mol. The predicted octanol–water partition coefficient (Wildman–Crippen LogP) is 3.35. The number of benzene rings is 1. The molecule has 0 radical (unpaired) electrons. The highest BCUT2D eigenvalue weighted by Crippen LogP contribution is 2.24. The number of nitrogens with zero attached hydrogens (tertiary/aromatic N) is 6. The molecule has 0 atom stereocenters. The van der Waals surface area contributed by atoms with Crippen molar-refractivity contribution < 1.29 is 0 Å². The van der Waals surface area contributed by atoms with Crippen LogP contribution in [0.1, 0.15) is 5.56 Å². The van der Waals surface area contributed by atoms with Gasteiger partial charge in [0, 0.05) is 42.3 Å². The number of rotatable bonds is 4. The lowest BCUT2D eigenvalue weighted by molar-refractivity contribution is 0.919. The van der Waals surface area contributed by atoms with E-state index in [9.17, 15) is 0 Å². The van der Waals surface area contributed by atoms with Gasteiger partial charge < -0.3 is 5.32 Å². The van der Waals surface area contributed by atoms with Crippen molar-refractivity contribution in [3.8, 4) is 11.4 Å². The van der Waals surface area contributed by atoms with Crippen molar-refractivity contribution in [1.29, 1.82) is 0 Å². The average Bonchev–Trinajstić information content (AvgIpc) is 3.19. The highest BCUT2D eigenvalue weighted by atomic mass is 15.4. The zero-order valence-corrected chi connectivity index (χ0v) is 14.3. The first kappa shape index (κ1) is 15.4. The van der Waals surface area contributed by atoms with Gasteiger partial charge in [0.05, 0.1) is 5.52 Å². The first-order chi connectivity index (χ1) is 13.4. The van der Waals surface area contributed by atoms with Gasteiger partial charge in [0.15, 0.2) is 11.5 Å². The molecule has 27 heavy (non-hydrogen) atoms. The normalized spacial score (nSPS) is 11.1. The van der Waals surface area contributed by atoms with Gasteiger partial charge in [-0.2, -0.15) is 4.52 Å². The molecule has 4 heterocycles. The van der Waals surface area contributed by atoms with Crippen LogP contribution in [0.2, 0.25) is 0 Å². The monoisotopic (exact) mass is 353 g/mol. The maximum Gasteiger partial charge on any atom is 0.226 e. The van der Waals surface area contributed by atoms with E-state index < -0.39 is 0 Å². The van der Waals surface area contributed by atoms with Gasteiger partial charge in [-0.25, -0.2) is 9.97 Å². The first-order valence-electron chi connectivity index (χ1n) is 8.57. The molecule has 130 valence electrons. The lowest BCUT2D eigenvalue weighted by Gasteiger charge is -2.08. The van der Waals surface area contributed by atoms with Gasteiger partial charge >= 0.3 is 0 Å². The molecule has 0 amide bonds. The number of hydrogen-bond donors (Lipinski definition) is 1. The molecule has 1 aromatic carbocycles. The fourth-order valence-electron chi connectivity index (χ4n) is 2.98. The molecule has 4 aromatic heterocycles. The van der Waals surface area contributed by atoms with E-state index in [1.165, 1.54) is 0 Å². The first-order valence-corrected chi connectivity index (χ1v) is 8.57. The minimum atomic E-state index is 0.596. The van der Waals surface area contributed by atoms with Crippen LogP contribution in [0.3, 0.4) is 0 Å². The Bertz CT molecular complexity index is 1220. The van der Waals surface area contributed by atoms with Gasteiger partial charge in [-0.1, -0.05) is 18.2 Å². The third-order valence-corrected chi connectivity index (χ3v) is 4.29. The Labute approximate surface area is 154 Å². The Morgan fingerprint density at radius 3 is 2.59 bits per heavy atom. The second kappa shape index (κ2) is 6.45. The summed E-state index contributed by atoms with van der Waals surface area (Å²) in [6.45, 7) is 0.596. The van der Waals surface area contributed by atoms with E-state index in [4.69, 9.17) is 9.97 Å². The number of aromatic nitrogens is 6. The molecule has 0 aliphatic carbocycles. The van der Waals surface area contributed by atoms with Crippen LogP contribution in [0.25, 0.3) is 27.9 Å². The van der Waals surface area contributed by atoms with E-state index in [0.29, 0.717) is 18.3 Å². The lowest BCUT2D eigenvalue weighted by Crippen LogP contribution is -2.08. The van der Waals surface area contributed by atoms with Crippen molar-refractivity contribution in [3.05, 3.63) is 78.9 Å². The van der Waals surface area contributed by atoms with Crippen molar-refractivity contribution >= 4 is 22.5 Å². The molecule has 0 unspecified atom stereocenters. The van der Waals surface area contributed by atoms with Gasteiger partial charge in [0.2, 0.25) is 5.95 Å². The number of nitrogens with one attached hydrogen (secondary N) is 1. The SMILES string of the molecule is c1cncc(CNc2nc3ccccc3c3nc(-c4ccncc4)nn23)c1. The van der Waals surface area contributed by atoms with E-state index in [-0.39, 0.29) is 0 Å². The molecule has 5 aromatic rings. The summed E-state index contributed by atoms with van der Waals surface area (Å²) in [5.41, 5.74) is 3.61. The Hall–Kier alpha value is -3.87. The molecule has 0 saturated carbocycles. The number of para-hydroxylation sites is 1. The van der Waals surface area contributed by atoms with E-state index in [1.54, 1.807) is 23.1 Å². The van der Waals surface area contributed by atoms with E-state index in [0.717, 1.165) is 27.7 Å². The van der Waals surface area contributed by atoms with Crippen molar-refractivity contribution in [3.63, 3.8) is 0 Å². The van der Waals surface area contributed by atoms with Gasteiger partial charge in [-0.3, -0.25) is 9.97 Å². The topological polar surface area (TPSA) is 80.9 Å². The number of anilines is 1.